The fourth-order valence-corrected chi connectivity index (χ4v) is 1.94. The summed E-state index contributed by atoms with van der Waals surface area (Å²) in [6.07, 6.45) is -0.156. The third-order valence-electron chi connectivity index (χ3n) is 2.73. The number of anilines is 1. The first-order valence-electron chi connectivity index (χ1n) is 5.97. The number of nitrogens with one attached hydrogen (secondary N) is 1. The van der Waals surface area contributed by atoms with Gasteiger partial charge in [0.25, 0.3) is 0 Å². The molecular formula is C15H12ClF2NO. The van der Waals surface area contributed by atoms with E-state index in [2.05, 4.69) is 5.32 Å². The molecule has 0 bridgehead atoms. The molecule has 2 aromatic rings. The van der Waals surface area contributed by atoms with E-state index in [1.54, 1.807) is 18.2 Å². The predicted octanol–water partition coefficient (Wildman–Crippen LogP) is 3.88. The first-order chi connectivity index (χ1) is 9.58. The van der Waals surface area contributed by atoms with Gasteiger partial charge in [-0.3, -0.25) is 4.79 Å². The van der Waals surface area contributed by atoms with Gasteiger partial charge in [0, 0.05) is 17.6 Å². The van der Waals surface area contributed by atoms with Crippen LogP contribution in [0.4, 0.5) is 14.5 Å². The fraction of sp³-hybridized carbons (Fsp3) is 0.133. The molecule has 1 N–H and O–H groups in total. The summed E-state index contributed by atoms with van der Waals surface area (Å²) in [5.41, 5.74) is 1.62. The third kappa shape index (κ3) is 3.78. The smallest absolute Gasteiger partial charge is 0.228 e. The van der Waals surface area contributed by atoms with Crippen molar-refractivity contribution in [2.24, 2.45) is 0 Å². The Balaban J connectivity index is 2.05. The van der Waals surface area contributed by atoms with Crippen molar-refractivity contribution in [2.45, 2.75) is 12.3 Å². The molecule has 0 spiro atoms. The topological polar surface area (TPSA) is 29.1 Å². The molecule has 2 aromatic carbocycles. The monoisotopic (exact) mass is 295 g/mol. The number of carbonyl (C=O) groups is 1. The Morgan fingerprint density at radius 3 is 2.65 bits per heavy atom. The molecule has 0 aliphatic heterocycles. The second-order valence-electron chi connectivity index (χ2n) is 4.29. The number of hydrogen-bond donors (Lipinski definition) is 1. The zero-order valence-corrected chi connectivity index (χ0v) is 11.3. The molecule has 5 heteroatoms. The quantitative estimate of drug-likeness (QED) is 0.852. The number of alkyl halides is 1. The molecule has 2 nitrogen and oxygen atoms in total. The molecule has 0 saturated heterocycles. The summed E-state index contributed by atoms with van der Waals surface area (Å²) in [6, 6.07) is 10.2. The van der Waals surface area contributed by atoms with Gasteiger partial charge in [-0.1, -0.05) is 18.2 Å². The summed E-state index contributed by atoms with van der Waals surface area (Å²) < 4.78 is 26.2. The minimum absolute atomic E-state index is 0.150. The van der Waals surface area contributed by atoms with Gasteiger partial charge < -0.3 is 5.32 Å². The van der Waals surface area contributed by atoms with Crippen LogP contribution >= 0.6 is 11.6 Å². The van der Waals surface area contributed by atoms with E-state index in [0.717, 1.165) is 17.7 Å². The summed E-state index contributed by atoms with van der Waals surface area (Å²) in [5, 5.41) is 2.65. The summed E-state index contributed by atoms with van der Waals surface area (Å²) >= 11 is 5.70. The molecule has 0 saturated carbocycles. The maximum absolute atomic E-state index is 13.4. The number of hydrogen-bond acceptors (Lipinski definition) is 1. The Bertz CT molecular complexity index is 631. The maximum atomic E-state index is 13.4. The van der Waals surface area contributed by atoms with Crippen LogP contribution < -0.4 is 5.32 Å². The SMILES string of the molecule is O=C(Cc1ccc(F)cc1F)Nc1cccc(CCl)c1. The highest BCUT2D eigenvalue weighted by Gasteiger charge is 2.09. The lowest BCUT2D eigenvalue weighted by Gasteiger charge is -2.07. The van der Waals surface area contributed by atoms with Gasteiger partial charge in [0.2, 0.25) is 5.91 Å². The number of amides is 1. The van der Waals surface area contributed by atoms with Crippen molar-refractivity contribution in [3.05, 3.63) is 65.2 Å². The highest BCUT2D eigenvalue weighted by molar-refractivity contribution is 6.17. The van der Waals surface area contributed by atoms with Gasteiger partial charge >= 0.3 is 0 Å². The van der Waals surface area contributed by atoms with Crippen LogP contribution in [0.1, 0.15) is 11.1 Å². The largest absolute Gasteiger partial charge is 0.326 e. The van der Waals surface area contributed by atoms with Crippen LogP contribution in [-0.4, -0.2) is 5.91 Å². The first-order valence-corrected chi connectivity index (χ1v) is 6.50. The molecule has 0 aromatic heterocycles. The van der Waals surface area contributed by atoms with Crippen LogP contribution in [-0.2, 0) is 17.1 Å². The molecule has 0 radical (unpaired) electrons. The van der Waals surface area contributed by atoms with Crippen LogP contribution in [0.25, 0.3) is 0 Å². The number of benzene rings is 2. The Morgan fingerprint density at radius 1 is 1.15 bits per heavy atom. The molecule has 0 heterocycles. The second-order valence-corrected chi connectivity index (χ2v) is 4.56. The van der Waals surface area contributed by atoms with Crippen molar-refractivity contribution in [3.63, 3.8) is 0 Å². The van der Waals surface area contributed by atoms with Crippen molar-refractivity contribution in [3.8, 4) is 0 Å². The molecule has 0 atom stereocenters. The summed E-state index contributed by atoms with van der Waals surface area (Å²) in [6.45, 7) is 0. The Kier molecular flexibility index (Phi) is 4.69. The van der Waals surface area contributed by atoms with Crippen LogP contribution in [0.2, 0.25) is 0 Å². The third-order valence-corrected chi connectivity index (χ3v) is 3.04. The lowest BCUT2D eigenvalue weighted by atomic mass is 10.1. The number of carbonyl (C=O) groups excluding carboxylic acids is 1. The molecule has 2 rings (SSSR count). The lowest BCUT2D eigenvalue weighted by molar-refractivity contribution is -0.115. The minimum Gasteiger partial charge on any atom is -0.326 e. The van der Waals surface area contributed by atoms with Crippen LogP contribution in [0.15, 0.2) is 42.5 Å². The van der Waals surface area contributed by atoms with E-state index in [4.69, 9.17) is 11.6 Å². The Morgan fingerprint density at radius 2 is 1.95 bits per heavy atom. The summed E-state index contributed by atoms with van der Waals surface area (Å²) in [7, 11) is 0. The average Bonchev–Trinajstić information content (AvgIpc) is 2.42. The molecule has 0 unspecified atom stereocenters. The standard InChI is InChI=1S/C15H12ClF2NO/c16-9-10-2-1-3-13(6-10)19-15(20)7-11-4-5-12(17)8-14(11)18/h1-6,8H,7,9H2,(H,19,20). The Hall–Kier alpha value is -1.94. The lowest BCUT2D eigenvalue weighted by Crippen LogP contribution is -2.15. The van der Waals surface area contributed by atoms with Crippen molar-refractivity contribution < 1.29 is 13.6 Å². The molecule has 0 aliphatic rings. The molecular weight excluding hydrogens is 284 g/mol. The van der Waals surface area contributed by atoms with Crippen LogP contribution in [0.5, 0.6) is 0 Å². The van der Waals surface area contributed by atoms with Gasteiger partial charge in [0.15, 0.2) is 0 Å². The molecule has 0 aliphatic carbocycles. The average molecular weight is 296 g/mol. The molecule has 104 valence electrons. The summed E-state index contributed by atoms with van der Waals surface area (Å²) in [4.78, 5) is 11.8. The van der Waals surface area contributed by atoms with E-state index >= 15 is 0 Å². The van der Waals surface area contributed by atoms with E-state index in [9.17, 15) is 13.6 Å². The highest BCUT2D eigenvalue weighted by atomic mass is 35.5. The minimum atomic E-state index is -0.727. The number of rotatable bonds is 4. The zero-order chi connectivity index (χ0) is 14.5. The maximum Gasteiger partial charge on any atom is 0.228 e. The normalized spacial score (nSPS) is 10.3. The van der Waals surface area contributed by atoms with E-state index in [1.165, 1.54) is 6.07 Å². The molecule has 1 amide bonds. The van der Waals surface area contributed by atoms with Gasteiger partial charge in [0.1, 0.15) is 11.6 Å². The highest BCUT2D eigenvalue weighted by Crippen LogP contribution is 2.14. The van der Waals surface area contributed by atoms with E-state index in [-0.39, 0.29) is 17.9 Å². The molecule has 20 heavy (non-hydrogen) atoms. The Labute approximate surface area is 120 Å². The predicted molar refractivity (Wildman–Crippen MR) is 74.7 cm³/mol. The second kappa shape index (κ2) is 6.48. The van der Waals surface area contributed by atoms with E-state index < -0.39 is 11.6 Å². The van der Waals surface area contributed by atoms with Crippen molar-refractivity contribution >= 4 is 23.2 Å². The van der Waals surface area contributed by atoms with E-state index in [1.807, 2.05) is 6.07 Å². The molecule has 0 fully saturated rings. The zero-order valence-electron chi connectivity index (χ0n) is 10.5. The van der Waals surface area contributed by atoms with Crippen molar-refractivity contribution in [1.82, 2.24) is 0 Å². The van der Waals surface area contributed by atoms with E-state index in [0.29, 0.717) is 11.6 Å². The van der Waals surface area contributed by atoms with Gasteiger partial charge in [-0.15, -0.1) is 11.6 Å². The first kappa shape index (κ1) is 14.5. The van der Waals surface area contributed by atoms with Crippen LogP contribution in [0, 0.1) is 11.6 Å². The van der Waals surface area contributed by atoms with Crippen LogP contribution in [0.3, 0.4) is 0 Å². The fourth-order valence-electron chi connectivity index (χ4n) is 1.78. The summed E-state index contributed by atoms with van der Waals surface area (Å²) in [5.74, 6) is -1.42. The van der Waals surface area contributed by atoms with Gasteiger partial charge in [-0.05, 0) is 29.3 Å². The van der Waals surface area contributed by atoms with Gasteiger partial charge in [0.05, 0.1) is 6.42 Å². The van der Waals surface area contributed by atoms with Gasteiger partial charge in [-0.25, -0.2) is 8.78 Å². The van der Waals surface area contributed by atoms with Gasteiger partial charge in [-0.2, -0.15) is 0 Å². The van der Waals surface area contributed by atoms with Crippen molar-refractivity contribution in [2.75, 3.05) is 5.32 Å². The van der Waals surface area contributed by atoms with Crippen molar-refractivity contribution in [1.29, 1.82) is 0 Å². The number of halogens is 3.